The van der Waals surface area contributed by atoms with Gasteiger partial charge in [-0.05, 0) is 51.5 Å². The zero-order chi connectivity index (χ0) is 13.3. The molecule has 0 spiro atoms. The summed E-state index contributed by atoms with van der Waals surface area (Å²) in [4.78, 5) is 4.72. The Kier molecular flexibility index (Phi) is 3.61. The summed E-state index contributed by atoms with van der Waals surface area (Å²) in [6.07, 6.45) is 7.51. The SMILES string of the molecule is CCC1CCC(c2noc(C3(C)CCNC3)n2)CC1. The first-order valence-electron chi connectivity index (χ1n) is 7.76. The van der Waals surface area contributed by atoms with Gasteiger partial charge in [0.1, 0.15) is 0 Å². The van der Waals surface area contributed by atoms with E-state index in [-0.39, 0.29) is 5.41 Å². The van der Waals surface area contributed by atoms with Crippen LogP contribution in [0, 0.1) is 5.92 Å². The van der Waals surface area contributed by atoms with E-state index in [9.17, 15) is 0 Å². The van der Waals surface area contributed by atoms with Gasteiger partial charge in [-0.2, -0.15) is 4.98 Å². The first-order chi connectivity index (χ1) is 9.21. The molecule has 1 aliphatic heterocycles. The Bertz CT molecular complexity index is 415. The fourth-order valence-corrected chi connectivity index (χ4v) is 3.47. The second-order valence-electron chi connectivity index (χ2n) is 6.57. The summed E-state index contributed by atoms with van der Waals surface area (Å²) in [6, 6.07) is 0. The Hall–Kier alpha value is -0.900. The predicted molar refractivity (Wildman–Crippen MR) is 74.1 cm³/mol. The van der Waals surface area contributed by atoms with Crippen LogP contribution in [0.1, 0.15) is 70.0 Å². The van der Waals surface area contributed by atoms with Gasteiger partial charge in [-0.1, -0.05) is 18.5 Å². The lowest BCUT2D eigenvalue weighted by Gasteiger charge is -2.25. The quantitative estimate of drug-likeness (QED) is 0.910. The van der Waals surface area contributed by atoms with Gasteiger partial charge in [0.25, 0.3) is 0 Å². The normalized spacial score (nSPS) is 35.7. The van der Waals surface area contributed by atoms with E-state index < -0.39 is 0 Å². The third-order valence-corrected chi connectivity index (χ3v) is 5.12. The molecule has 0 aromatic carbocycles. The second-order valence-corrected chi connectivity index (χ2v) is 6.57. The Morgan fingerprint density at radius 3 is 2.74 bits per heavy atom. The maximum absolute atomic E-state index is 5.56. The monoisotopic (exact) mass is 263 g/mol. The van der Waals surface area contributed by atoms with Crippen molar-refractivity contribution in [2.24, 2.45) is 5.92 Å². The molecule has 0 bridgehead atoms. The average Bonchev–Trinajstić information content (AvgIpc) is 3.08. The molecule has 1 aromatic heterocycles. The molecule has 1 saturated carbocycles. The third-order valence-electron chi connectivity index (χ3n) is 5.12. The molecular weight excluding hydrogens is 238 g/mol. The molecule has 1 saturated heterocycles. The van der Waals surface area contributed by atoms with Crippen LogP contribution in [0.15, 0.2) is 4.52 Å². The molecule has 2 heterocycles. The third kappa shape index (κ3) is 2.55. The van der Waals surface area contributed by atoms with E-state index >= 15 is 0 Å². The lowest BCUT2D eigenvalue weighted by Crippen LogP contribution is -2.25. The first kappa shape index (κ1) is 13.1. The van der Waals surface area contributed by atoms with Crippen LogP contribution >= 0.6 is 0 Å². The van der Waals surface area contributed by atoms with E-state index in [0.717, 1.165) is 37.1 Å². The van der Waals surface area contributed by atoms with Crippen LogP contribution < -0.4 is 5.32 Å². The predicted octanol–water partition coefficient (Wildman–Crippen LogP) is 3.00. The topological polar surface area (TPSA) is 51.0 Å². The van der Waals surface area contributed by atoms with Crippen molar-refractivity contribution < 1.29 is 4.52 Å². The maximum atomic E-state index is 5.56. The molecule has 1 aliphatic carbocycles. The van der Waals surface area contributed by atoms with E-state index in [4.69, 9.17) is 9.51 Å². The summed E-state index contributed by atoms with van der Waals surface area (Å²) in [7, 11) is 0. The van der Waals surface area contributed by atoms with Crippen LogP contribution in [0.4, 0.5) is 0 Å². The summed E-state index contributed by atoms with van der Waals surface area (Å²) in [5.74, 6) is 3.24. The van der Waals surface area contributed by atoms with Crippen LogP contribution in [0.2, 0.25) is 0 Å². The Morgan fingerprint density at radius 1 is 1.32 bits per heavy atom. The van der Waals surface area contributed by atoms with Crippen molar-refractivity contribution in [3.05, 3.63) is 11.7 Å². The molecule has 2 fully saturated rings. The Balaban J connectivity index is 1.68. The van der Waals surface area contributed by atoms with Gasteiger partial charge in [0.2, 0.25) is 5.89 Å². The fraction of sp³-hybridized carbons (Fsp3) is 0.867. The number of nitrogens with zero attached hydrogens (tertiary/aromatic N) is 2. The highest BCUT2D eigenvalue weighted by Crippen LogP contribution is 2.37. The van der Waals surface area contributed by atoms with Gasteiger partial charge in [0, 0.05) is 12.5 Å². The van der Waals surface area contributed by atoms with Gasteiger partial charge in [-0.15, -0.1) is 0 Å². The fourth-order valence-electron chi connectivity index (χ4n) is 3.47. The largest absolute Gasteiger partial charge is 0.339 e. The van der Waals surface area contributed by atoms with Crippen LogP contribution in [-0.4, -0.2) is 23.2 Å². The molecule has 1 unspecified atom stereocenters. The minimum absolute atomic E-state index is 0.0475. The molecule has 3 rings (SSSR count). The van der Waals surface area contributed by atoms with Crippen molar-refractivity contribution in [3.63, 3.8) is 0 Å². The maximum Gasteiger partial charge on any atom is 0.233 e. The van der Waals surface area contributed by atoms with Crippen molar-refractivity contribution in [2.45, 2.75) is 63.7 Å². The van der Waals surface area contributed by atoms with Gasteiger partial charge < -0.3 is 9.84 Å². The highest BCUT2D eigenvalue weighted by Gasteiger charge is 2.37. The zero-order valence-corrected chi connectivity index (χ0v) is 12.1. The molecule has 1 aromatic rings. The van der Waals surface area contributed by atoms with Gasteiger partial charge in [0.05, 0.1) is 5.41 Å². The molecule has 4 heteroatoms. The van der Waals surface area contributed by atoms with E-state index in [1.165, 1.54) is 32.1 Å². The van der Waals surface area contributed by atoms with Gasteiger partial charge in [-0.3, -0.25) is 0 Å². The number of rotatable bonds is 3. The first-order valence-corrected chi connectivity index (χ1v) is 7.76. The minimum atomic E-state index is 0.0475. The molecule has 4 nitrogen and oxygen atoms in total. The number of nitrogens with one attached hydrogen (secondary N) is 1. The van der Waals surface area contributed by atoms with Gasteiger partial charge in [-0.25, -0.2) is 0 Å². The number of aromatic nitrogens is 2. The summed E-state index contributed by atoms with van der Waals surface area (Å²) in [6.45, 7) is 6.52. The Morgan fingerprint density at radius 2 is 2.11 bits per heavy atom. The minimum Gasteiger partial charge on any atom is -0.339 e. The molecule has 1 atom stereocenters. The lowest BCUT2D eigenvalue weighted by atomic mass is 9.80. The molecule has 19 heavy (non-hydrogen) atoms. The van der Waals surface area contributed by atoms with E-state index in [0.29, 0.717) is 5.92 Å². The van der Waals surface area contributed by atoms with Gasteiger partial charge in [0.15, 0.2) is 5.82 Å². The van der Waals surface area contributed by atoms with Gasteiger partial charge >= 0.3 is 0 Å². The molecule has 0 amide bonds. The number of hydrogen-bond donors (Lipinski definition) is 1. The zero-order valence-electron chi connectivity index (χ0n) is 12.1. The number of hydrogen-bond acceptors (Lipinski definition) is 4. The highest BCUT2D eigenvalue weighted by atomic mass is 16.5. The lowest BCUT2D eigenvalue weighted by molar-refractivity contribution is 0.290. The van der Waals surface area contributed by atoms with Crippen molar-refractivity contribution in [3.8, 4) is 0 Å². The van der Waals surface area contributed by atoms with Crippen molar-refractivity contribution >= 4 is 0 Å². The summed E-state index contributed by atoms with van der Waals surface area (Å²) < 4.78 is 5.56. The van der Waals surface area contributed by atoms with Crippen LogP contribution in [0.3, 0.4) is 0 Å². The van der Waals surface area contributed by atoms with Crippen LogP contribution in [0.5, 0.6) is 0 Å². The van der Waals surface area contributed by atoms with Crippen LogP contribution in [-0.2, 0) is 5.41 Å². The van der Waals surface area contributed by atoms with Crippen LogP contribution in [0.25, 0.3) is 0 Å². The second kappa shape index (κ2) is 5.23. The highest BCUT2D eigenvalue weighted by molar-refractivity contribution is 5.09. The van der Waals surface area contributed by atoms with E-state index in [2.05, 4.69) is 24.3 Å². The molecular formula is C15H25N3O. The van der Waals surface area contributed by atoms with Crippen molar-refractivity contribution in [2.75, 3.05) is 13.1 Å². The standard InChI is InChI=1S/C15H25N3O/c1-3-11-4-6-12(7-5-11)13-17-14(19-18-13)15(2)8-9-16-10-15/h11-12,16H,3-10H2,1-2H3. The smallest absolute Gasteiger partial charge is 0.233 e. The Labute approximate surface area is 115 Å². The molecule has 0 radical (unpaired) electrons. The molecule has 1 N–H and O–H groups in total. The van der Waals surface area contributed by atoms with E-state index in [1.807, 2.05) is 0 Å². The van der Waals surface area contributed by atoms with Crippen molar-refractivity contribution in [1.29, 1.82) is 0 Å². The molecule has 2 aliphatic rings. The summed E-state index contributed by atoms with van der Waals surface area (Å²) >= 11 is 0. The van der Waals surface area contributed by atoms with Crippen molar-refractivity contribution in [1.82, 2.24) is 15.5 Å². The molecule has 106 valence electrons. The summed E-state index contributed by atoms with van der Waals surface area (Å²) in [5, 5.41) is 7.65. The average molecular weight is 263 g/mol. The van der Waals surface area contributed by atoms with E-state index in [1.54, 1.807) is 0 Å². The summed E-state index contributed by atoms with van der Waals surface area (Å²) in [5.41, 5.74) is 0.0475.